The molecule has 0 fully saturated rings. The lowest BCUT2D eigenvalue weighted by Gasteiger charge is -2.20. The highest BCUT2D eigenvalue weighted by Crippen LogP contribution is 2.30. The molecular weight excluding hydrogens is 293 g/mol. The van der Waals surface area contributed by atoms with Crippen LogP contribution in [0.2, 0.25) is 10.0 Å². The van der Waals surface area contributed by atoms with Crippen LogP contribution < -0.4 is 5.32 Å². The van der Waals surface area contributed by atoms with Gasteiger partial charge in [-0.15, -0.1) is 0 Å². The molecule has 0 aliphatic rings. The second-order valence-corrected chi connectivity index (χ2v) is 5.48. The number of rotatable bonds is 6. The zero-order valence-electron chi connectivity index (χ0n) is 11.7. The molecule has 1 heterocycles. The van der Waals surface area contributed by atoms with Gasteiger partial charge in [0.25, 0.3) is 0 Å². The SMILES string of the molecule is CCCn1ccnc1C(NCC)c1cc(Cl)ccc1Cl. The molecule has 0 spiro atoms. The first kappa shape index (κ1) is 15.4. The van der Waals surface area contributed by atoms with Crippen molar-refractivity contribution in [2.45, 2.75) is 32.9 Å². The number of hydrogen-bond donors (Lipinski definition) is 1. The van der Waals surface area contributed by atoms with Crippen LogP contribution in [0.1, 0.15) is 37.7 Å². The van der Waals surface area contributed by atoms with Gasteiger partial charge >= 0.3 is 0 Å². The summed E-state index contributed by atoms with van der Waals surface area (Å²) in [6.07, 6.45) is 4.89. The Morgan fingerprint density at radius 3 is 2.80 bits per heavy atom. The molecule has 3 nitrogen and oxygen atoms in total. The van der Waals surface area contributed by atoms with E-state index < -0.39 is 0 Å². The highest BCUT2D eigenvalue weighted by atomic mass is 35.5. The largest absolute Gasteiger partial charge is 0.333 e. The summed E-state index contributed by atoms with van der Waals surface area (Å²) in [5.41, 5.74) is 0.963. The molecule has 0 bridgehead atoms. The molecule has 5 heteroatoms. The van der Waals surface area contributed by atoms with Crippen LogP contribution in [0.4, 0.5) is 0 Å². The molecule has 108 valence electrons. The minimum Gasteiger partial charge on any atom is -0.333 e. The lowest BCUT2D eigenvalue weighted by molar-refractivity contribution is 0.544. The smallest absolute Gasteiger partial charge is 0.130 e. The van der Waals surface area contributed by atoms with Gasteiger partial charge in [0.15, 0.2) is 0 Å². The van der Waals surface area contributed by atoms with Gasteiger partial charge in [-0.1, -0.05) is 37.0 Å². The van der Waals surface area contributed by atoms with Crippen LogP contribution >= 0.6 is 23.2 Å². The average molecular weight is 312 g/mol. The first-order chi connectivity index (χ1) is 9.67. The summed E-state index contributed by atoms with van der Waals surface area (Å²) in [6.45, 7) is 5.98. The number of nitrogens with zero attached hydrogens (tertiary/aromatic N) is 2. The Hall–Kier alpha value is -1.03. The fraction of sp³-hybridized carbons (Fsp3) is 0.400. The summed E-state index contributed by atoms with van der Waals surface area (Å²) >= 11 is 12.4. The van der Waals surface area contributed by atoms with Gasteiger partial charge in [0, 0.05) is 29.0 Å². The molecule has 1 aromatic carbocycles. The summed E-state index contributed by atoms with van der Waals surface area (Å²) in [6, 6.07) is 5.49. The van der Waals surface area contributed by atoms with Gasteiger partial charge in [-0.05, 0) is 36.7 Å². The van der Waals surface area contributed by atoms with E-state index in [2.05, 4.69) is 28.7 Å². The van der Waals surface area contributed by atoms with Crippen molar-refractivity contribution in [2.75, 3.05) is 6.54 Å². The molecule has 0 saturated carbocycles. The fourth-order valence-corrected chi connectivity index (χ4v) is 2.70. The summed E-state index contributed by atoms with van der Waals surface area (Å²) in [7, 11) is 0. The number of aryl methyl sites for hydroxylation is 1. The Labute approximate surface area is 129 Å². The van der Waals surface area contributed by atoms with Crippen LogP contribution in [0, 0.1) is 0 Å². The number of nitrogens with one attached hydrogen (secondary N) is 1. The quantitative estimate of drug-likeness (QED) is 0.862. The van der Waals surface area contributed by atoms with E-state index >= 15 is 0 Å². The molecule has 1 N–H and O–H groups in total. The number of imidazole rings is 1. The summed E-state index contributed by atoms with van der Waals surface area (Å²) in [5.74, 6) is 0.970. The van der Waals surface area contributed by atoms with E-state index in [1.807, 2.05) is 24.5 Å². The lowest BCUT2D eigenvalue weighted by atomic mass is 10.1. The van der Waals surface area contributed by atoms with E-state index in [4.69, 9.17) is 23.2 Å². The maximum Gasteiger partial charge on any atom is 0.130 e. The van der Waals surface area contributed by atoms with Crippen molar-refractivity contribution < 1.29 is 0 Å². The molecule has 0 aliphatic heterocycles. The van der Waals surface area contributed by atoms with E-state index in [-0.39, 0.29) is 6.04 Å². The minimum atomic E-state index is -0.0484. The summed E-state index contributed by atoms with van der Waals surface area (Å²) in [5, 5.41) is 4.82. The van der Waals surface area contributed by atoms with Crippen molar-refractivity contribution >= 4 is 23.2 Å². The predicted octanol–water partition coefficient (Wildman–Crippen LogP) is 4.30. The Bertz CT molecular complexity index is 566. The minimum absolute atomic E-state index is 0.0484. The molecule has 0 radical (unpaired) electrons. The van der Waals surface area contributed by atoms with Crippen LogP contribution in [-0.2, 0) is 6.54 Å². The van der Waals surface area contributed by atoms with Gasteiger partial charge in [-0.3, -0.25) is 0 Å². The van der Waals surface area contributed by atoms with E-state index in [9.17, 15) is 0 Å². The lowest BCUT2D eigenvalue weighted by Crippen LogP contribution is -2.25. The van der Waals surface area contributed by atoms with E-state index in [1.54, 1.807) is 6.07 Å². The zero-order chi connectivity index (χ0) is 14.5. The van der Waals surface area contributed by atoms with Crippen LogP contribution in [0.3, 0.4) is 0 Å². The van der Waals surface area contributed by atoms with Crippen LogP contribution in [0.5, 0.6) is 0 Å². The molecule has 0 aliphatic carbocycles. The second kappa shape index (κ2) is 7.11. The average Bonchev–Trinajstić information content (AvgIpc) is 2.88. The number of benzene rings is 1. The van der Waals surface area contributed by atoms with E-state index in [0.717, 1.165) is 30.9 Å². The molecular formula is C15H19Cl2N3. The van der Waals surface area contributed by atoms with Gasteiger partial charge in [-0.25, -0.2) is 4.98 Å². The standard InChI is InChI=1S/C15H19Cl2N3/c1-3-8-20-9-7-19-15(20)14(18-4-2)12-10-11(16)5-6-13(12)17/h5-7,9-10,14,18H,3-4,8H2,1-2H3. The Kier molecular flexibility index (Phi) is 5.46. The van der Waals surface area contributed by atoms with E-state index in [0.29, 0.717) is 10.0 Å². The summed E-state index contributed by atoms with van der Waals surface area (Å²) < 4.78 is 2.16. The third kappa shape index (κ3) is 3.35. The number of aromatic nitrogens is 2. The first-order valence-corrected chi connectivity index (χ1v) is 7.62. The number of halogens is 2. The summed E-state index contributed by atoms with van der Waals surface area (Å²) in [4.78, 5) is 4.50. The molecule has 1 aromatic heterocycles. The molecule has 2 aromatic rings. The normalized spacial score (nSPS) is 12.6. The second-order valence-electron chi connectivity index (χ2n) is 4.64. The molecule has 1 atom stereocenters. The Morgan fingerprint density at radius 1 is 1.30 bits per heavy atom. The molecule has 0 amide bonds. The van der Waals surface area contributed by atoms with Crippen molar-refractivity contribution in [2.24, 2.45) is 0 Å². The van der Waals surface area contributed by atoms with Crippen molar-refractivity contribution in [1.82, 2.24) is 14.9 Å². The third-order valence-electron chi connectivity index (χ3n) is 3.15. The Morgan fingerprint density at radius 2 is 2.10 bits per heavy atom. The zero-order valence-corrected chi connectivity index (χ0v) is 13.2. The third-order valence-corrected chi connectivity index (χ3v) is 3.73. The molecule has 0 saturated heterocycles. The maximum absolute atomic E-state index is 6.34. The number of hydrogen-bond acceptors (Lipinski definition) is 2. The van der Waals surface area contributed by atoms with Gasteiger partial charge in [-0.2, -0.15) is 0 Å². The van der Waals surface area contributed by atoms with Crippen molar-refractivity contribution in [3.63, 3.8) is 0 Å². The van der Waals surface area contributed by atoms with Crippen molar-refractivity contribution in [3.8, 4) is 0 Å². The van der Waals surface area contributed by atoms with Crippen LogP contribution in [0.25, 0.3) is 0 Å². The van der Waals surface area contributed by atoms with E-state index in [1.165, 1.54) is 0 Å². The van der Waals surface area contributed by atoms with Crippen LogP contribution in [0.15, 0.2) is 30.6 Å². The van der Waals surface area contributed by atoms with Crippen molar-refractivity contribution in [1.29, 1.82) is 0 Å². The van der Waals surface area contributed by atoms with Gasteiger partial charge < -0.3 is 9.88 Å². The molecule has 20 heavy (non-hydrogen) atoms. The predicted molar refractivity (Wildman–Crippen MR) is 84.5 cm³/mol. The van der Waals surface area contributed by atoms with Gasteiger partial charge in [0.05, 0.1) is 6.04 Å². The highest BCUT2D eigenvalue weighted by molar-refractivity contribution is 6.33. The fourth-order valence-electron chi connectivity index (χ4n) is 2.29. The monoisotopic (exact) mass is 311 g/mol. The van der Waals surface area contributed by atoms with Gasteiger partial charge in [0.2, 0.25) is 0 Å². The van der Waals surface area contributed by atoms with Crippen molar-refractivity contribution in [3.05, 3.63) is 52.0 Å². The first-order valence-electron chi connectivity index (χ1n) is 6.86. The molecule has 2 rings (SSSR count). The van der Waals surface area contributed by atoms with Gasteiger partial charge in [0.1, 0.15) is 5.82 Å². The maximum atomic E-state index is 6.34. The topological polar surface area (TPSA) is 29.9 Å². The Balaban J connectivity index is 2.44. The highest BCUT2D eigenvalue weighted by Gasteiger charge is 2.20. The van der Waals surface area contributed by atoms with Crippen LogP contribution in [-0.4, -0.2) is 16.1 Å². The molecule has 1 unspecified atom stereocenters.